The molecular formula is C44H28N2. The van der Waals surface area contributed by atoms with Gasteiger partial charge in [0.25, 0.3) is 0 Å². The van der Waals surface area contributed by atoms with E-state index in [1.54, 1.807) is 0 Å². The number of hydrogen-bond acceptors (Lipinski definition) is 0. The normalized spacial score (nSPS) is 11.9. The largest absolute Gasteiger partial charge is 0.309 e. The van der Waals surface area contributed by atoms with E-state index in [2.05, 4.69) is 179 Å². The van der Waals surface area contributed by atoms with Crippen molar-refractivity contribution in [3.8, 4) is 22.5 Å². The van der Waals surface area contributed by atoms with Gasteiger partial charge in [0.2, 0.25) is 0 Å². The van der Waals surface area contributed by atoms with E-state index in [1.165, 1.54) is 82.0 Å². The maximum atomic E-state index is 2.47. The highest BCUT2D eigenvalue weighted by Crippen LogP contribution is 2.39. The van der Waals surface area contributed by atoms with Crippen molar-refractivity contribution < 1.29 is 0 Å². The molecule has 8 aromatic carbocycles. The third kappa shape index (κ3) is 3.59. The Bertz CT molecular complexity index is 2760. The highest BCUT2D eigenvalue weighted by atomic mass is 15.0. The molecule has 46 heavy (non-hydrogen) atoms. The first kappa shape index (κ1) is 25.2. The molecule has 0 fully saturated rings. The van der Waals surface area contributed by atoms with E-state index >= 15 is 0 Å². The Morgan fingerprint density at radius 3 is 1.50 bits per heavy atom. The first-order valence-electron chi connectivity index (χ1n) is 15.9. The van der Waals surface area contributed by atoms with Crippen LogP contribution in [0.5, 0.6) is 0 Å². The second-order valence-electron chi connectivity index (χ2n) is 12.2. The topological polar surface area (TPSA) is 9.86 Å². The smallest absolute Gasteiger partial charge is 0.0547 e. The van der Waals surface area contributed by atoms with E-state index in [4.69, 9.17) is 0 Å². The van der Waals surface area contributed by atoms with Crippen molar-refractivity contribution in [1.29, 1.82) is 0 Å². The van der Waals surface area contributed by atoms with Gasteiger partial charge in [0.1, 0.15) is 0 Å². The summed E-state index contributed by atoms with van der Waals surface area (Å²) >= 11 is 0. The number of rotatable bonds is 3. The van der Waals surface area contributed by atoms with Crippen LogP contribution in [0.1, 0.15) is 0 Å². The van der Waals surface area contributed by atoms with E-state index in [0.29, 0.717) is 0 Å². The lowest BCUT2D eigenvalue weighted by atomic mass is 10.00. The average molecular weight is 585 g/mol. The van der Waals surface area contributed by atoms with Crippen LogP contribution in [0, 0.1) is 0 Å². The standard InChI is InChI=1S/C44H28N2/c1-2-15-33-31(12-1)28-44(35-17-4-3-16-34(33)35)46-42-23-10-7-20-38(42)39-25-24-30(27-43(39)46)29-13-11-14-32(26-29)45-40-21-8-5-18-36(40)37-19-6-9-22-41(37)45/h1-28H. The molecule has 2 heterocycles. The lowest BCUT2D eigenvalue weighted by Gasteiger charge is -2.15. The molecule has 0 saturated carbocycles. The third-order valence-electron chi connectivity index (χ3n) is 9.68. The summed E-state index contributed by atoms with van der Waals surface area (Å²) in [6, 6.07) is 62.0. The van der Waals surface area contributed by atoms with Crippen LogP contribution in [0.4, 0.5) is 0 Å². The highest BCUT2D eigenvalue weighted by Gasteiger charge is 2.17. The van der Waals surface area contributed by atoms with Gasteiger partial charge in [0.05, 0.1) is 27.8 Å². The molecule has 0 spiro atoms. The van der Waals surface area contributed by atoms with Crippen molar-refractivity contribution in [2.24, 2.45) is 0 Å². The lowest BCUT2D eigenvalue weighted by Crippen LogP contribution is -1.96. The molecule has 0 N–H and O–H groups in total. The third-order valence-corrected chi connectivity index (χ3v) is 9.68. The van der Waals surface area contributed by atoms with Gasteiger partial charge < -0.3 is 9.13 Å². The van der Waals surface area contributed by atoms with Crippen LogP contribution in [0.2, 0.25) is 0 Å². The second kappa shape index (κ2) is 9.69. The summed E-state index contributed by atoms with van der Waals surface area (Å²) in [5, 5.41) is 10.1. The molecule has 0 aliphatic rings. The summed E-state index contributed by atoms with van der Waals surface area (Å²) in [5.74, 6) is 0. The number of nitrogens with zero attached hydrogens (tertiary/aromatic N) is 2. The number of fused-ring (bicyclic) bond motifs is 9. The number of hydrogen-bond donors (Lipinski definition) is 0. The summed E-state index contributed by atoms with van der Waals surface area (Å²) in [6.45, 7) is 0. The lowest BCUT2D eigenvalue weighted by molar-refractivity contribution is 1.18. The predicted octanol–water partition coefficient (Wildman–Crippen LogP) is 11.9. The molecule has 2 aromatic heterocycles. The Morgan fingerprint density at radius 1 is 0.283 bits per heavy atom. The highest BCUT2D eigenvalue weighted by molar-refractivity contribution is 6.15. The van der Waals surface area contributed by atoms with Gasteiger partial charge in [-0.05, 0) is 69.8 Å². The van der Waals surface area contributed by atoms with Crippen LogP contribution in [-0.2, 0) is 0 Å². The van der Waals surface area contributed by atoms with Crippen molar-refractivity contribution in [3.05, 3.63) is 170 Å². The summed E-state index contributed by atoms with van der Waals surface area (Å²) in [6.07, 6.45) is 0. The monoisotopic (exact) mass is 584 g/mol. The molecule has 0 unspecified atom stereocenters. The average Bonchev–Trinajstić information content (AvgIpc) is 3.64. The van der Waals surface area contributed by atoms with Crippen molar-refractivity contribution >= 4 is 65.2 Å². The summed E-state index contributed by atoms with van der Waals surface area (Å²) in [5.41, 5.74) is 9.63. The molecule has 0 aliphatic heterocycles. The van der Waals surface area contributed by atoms with Crippen molar-refractivity contribution in [3.63, 3.8) is 0 Å². The maximum absolute atomic E-state index is 2.47. The van der Waals surface area contributed by atoms with E-state index in [9.17, 15) is 0 Å². The van der Waals surface area contributed by atoms with Crippen molar-refractivity contribution in [2.75, 3.05) is 0 Å². The Kier molecular flexibility index (Phi) is 5.31. The van der Waals surface area contributed by atoms with Gasteiger partial charge in [-0.1, -0.05) is 127 Å². The quantitative estimate of drug-likeness (QED) is 0.183. The Morgan fingerprint density at radius 2 is 0.804 bits per heavy atom. The minimum absolute atomic E-state index is 1.16. The van der Waals surface area contributed by atoms with Crippen LogP contribution >= 0.6 is 0 Å². The molecule has 214 valence electrons. The molecule has 0 bridgehead atoms. The second-order valence-corrected chi connectivity index (χ2v) is 12.2. The maximum Gasteiger partial charge on any atom is 0.0547 e. The molecular weight excluding hydrogens is 556 g/mol. The van der Waals surface area contributed by atoms with Crippen LogP contribution in [0.15, 0.2) is 170 Å². The summed E-state index contributed by atoms with van der Waals surface area (Å²) < 4.78 is 4.87. The van der Waals surface area contributed by atoms with Gasteiger partial charge >= 0.3 is 0 Å². The van der Waals surface area contributed by atoms with Gasteiger partial charge in [-0.3, -0.25) is 0 Å². The van der Waals surface area contributed by atoms with Crippen molar-refractivity contribution in [1.82, 2.24) is 9.13 Å². The van der Waals surface area contributed by atoms with Crippen LogP contribution < -0.4 is 0 Å². The van der Waals surface area contributed by atoms with Gasteiger partial charge in [0, 0.05) is 32.6 Å². The fourth-order valence-electron chi connectivity index (χ4n) is 7.65. The Balaban J connectivity index is 1.23. The zero-order valence-corrected chi connectivity index (χ0v) is 25.1. The zero-order valence-electron chi connectivity index (χ0n) is 25.1. The molecule has 2 nitrogen and oxygen atoms in total. The minimum atomic E-state index is 1.16. The molecule has 10 rings (SSSR count). The molecule has 0 amide bonds. The number of benzene rings is 8. The fraction of sp³-hybridized carbons (Fsp3) is 0. The van der Waals surface area contributed by atoms with Crippen LogP contribution in [0.25, 0.3) is 87.7 Å². The fourth-order valence-corrected chi connectivity index (χ4v) is 7.65. The van der Waals surface area contributed by atoms with Gasteiger partial charge in [-0.25, -0.2) is 0 Å². The van der Waals surface area contributed by atoms with E-state index in [0.717, 1.165) is 5.69 Å². The molecule has 0 aliphatic carbocycles. The molecule has 0 radical (unpaired) electrons. The summed E-state index contributed by atoms with van der Waals surface area (Å²) in [7, 11) is 0. The molecule has 2 heteroatoms. The van der Waals surface area contributed by atoms with E-state index < -0.39 is 0 Å². The predicted molar refractivity (Wildman–Crippen MR) is 196 cm³/mol. The minimum Gasteiger partial charge on any atom is -0.309 e. The van der Waals surface area contributed by atoms with Gasteiger partial charge in [-0.2, -0.15) is 0 Å². The number of para-hydroxylation sites is 3. The SMILES string of the molecule is c1cc(-c2ccc3c4ccccc4n(-c4cc5ccccc5c5ccccc45)c3c2)cc(-n2c3ccccc3c3ccccc32)c1. The summed E-state index contributed by atoms with van der Waals surface area (Å²) in [4.78, 5) is 0. The molecule has 0 atom stereocenters. The van der Waals surface area contributed by atoms with Crippen molar-refractivity contribution in [2.45, 2.75) is 0 Å². The first-order chi connectivity index (χ1) is 22.8. The molecule has 0 saturated heterocycles. The zero-order chi connectivity index (χ0) is 30.2. The van der Waals surface area contributed by atoms with Crippen LogP contribution in [-0.4, -0.2) is 9.13 Å². The number of aromatic nitrogens is 2. The van der Waals surface area contributed by atoms with Crippen LogP contribution in [0.3, 0.4) is 0 Å². The first-order valence-corrected chi connectivity index (χ1v) is 15.9. The van der Waals surface area contributed by atoms with Gasteiger partial charge in [0.15, 0.2) is 0 Å². The van der Waals surface area contributed by atoms with E-state index in [1.807, 2.05) is 0 Å². The van der Waals surface area contributed by atoms with E-state index in [-0.39, 0.29) is 0 Å². The Hall–Kier alpha value is -6.12. The van der Waals surface area contributed by atoms with Gasteiger partial charge in [-0.15, -0.1) is 0 Å². The Labute approximate surface area is 266 Å². The molecule has 10 aromatic rings.